The highest BCUT2D eigenvalue weighted by atomic mass is 32.1. The lowest BCUT2D eigenvalue weighted by molar-refractivity contribution is -0.112. The fourth-order valence-corrected chi connectivity index (χ4v) is 2.90. The lowest BCUT2D eigenvalue weighted by Crippen LogP contribution is -2.13. The summed E-state index contributed by atoms with van der Waals surface area (Å²) >= 11 is 1.31. The number of aromatic nitrogens is 1. The molecule has 0 aliphatic carbocycles. The lowest BCUT2D eigenvalue weighted by atomic mass is 10.1. The minimum Gasteiger partial charge on any atom is -0.504 e. The van der Waals surface area contributed by atoms with Gasteiger partial charge in [0.25, 0.3) is 5.91 Å². The van der Waals surface area contributed by atoms with E-state index in [1.54, 1.807) is 0 Å². The number of thiazole rings is 1. The summed E-state index contributed by atoms with van der Waals surface area (Å²) in [5.41, 5.74) is 1.05. The number of nitriles is 1. The van der Waals surface area contributed by atoms with E-state index in [1.807, 2.05) is 30.3 Å². The van der Waals surface area contributed by atoms with Gasteiger partial charge in [0.1, 0.15) is 11.6 Å². The molecule has 3 N–H and O–H groups in total. The molecule has 1 amide bonds. The summed E-state index contributed by atoms with van der Waals surface area (Å²) in [4.78, 5) is 16.5. The number of nitrogens with one attached hydrogen (secondary N) is 1. The Bertz CT molecular complexity index is 969. The summed E-state index contributed by atoms with van der Waals surface area (Å²) in [7, 11) is 0. The zero-order valence-corrected chi connectivity index (χ0v) is 13.0. The number of rotatable bonds is 3. The number of phenols is 2. The van der Waals surface area contributed by atoms with E-state index >= 15 is 0 Å². The summed E-state index contributed by atoms with van der Waals surface area (Å²) in [6.07, 6.45) is 1.32. The van der Waals surface area contributed by atoms with Crippen molar-refractivity contribution in [2.45, 2.75) is 0 Å². The highest BCUT2D eigenvalue weighted by Crippen LogP contribution is 2.27. The van der Waals surface area contributed by atoms with Gasteiger partial charge in [0.15, 0.2) is 16.6 Å². The van der Waals surface area contributed by atoms with Crippen LogP contribution in [0.2, 0.25) is 0 Å². The lowest BCUT2D eigenvalue weighted by Gasteiger charge is -2.01. The van der Waals surface area contributed by atoms with Crippen molar-refractivity contribution in [2.24, 2.45) is 0 Å². The number of hydrogen-bond donors (Lipinski definition) is 3. The van der Waals surface area contributed by atoms with E-state index in [4.69, 9.17) is 0 Å². The number of phenolic OH excluding ortho intramolecular Hbond substituents is 2. The number of aromatic hydroxyl groups is 2. The molecule has 24 heavy (non-hydrogen) atoms. The Morgan fingerprint density at radius 3 is 2.71 bits per heavy atom. The maximum absolute atomic E-state index is 12.2. The first-order chi connectivity index (χ1) is 11.6. The van der Waals surface area contributed by atoms with Crippen molar-refractivity contribution < 1.29 is 15.0 Å². The fraction of sp³-hybridized carbons (Fsp3) is 0. The predicted octanol–water partition coefficient (Wildman–Crippen LogP) is 3.25. The van der Waals surface area contributed by atoms with Gasteiger partial charge in [0.05, 0.1) is 10.2 Å². The molecule has 6 nitrogen and oxygen atoms in total. The van der Waals surface area contributed by atoms with Gasteiger partial charge < -0.3 is 10.2 Å². The monoisotopic (exact) mass is 337 g/mol. The highest BCUT2D eigenvalue weighted by molar-refractivity contribution is 7.22. The van der Waals surface area contributed by atoms with E-state index in [-0.39, 0.29) is 17.1 Å². The van der Waals surface area contributed by atoms with Crippen molar-refractivity contribution in [3.63, 3.8) is 0 Å². The van der Waals surface area contributed by atoms with Gasteiger partial charge >= 0.3 is 0 Å². The van der Waals surface area contributed by atoms with Gasteiger partial charge in [0.2, 0.25) is 0 Å². The molecule has 118 valence electrons. The van der Waals surface area contributed by atoms with Crippen LogP contribution in [-0.2, 0) is 4.79 Å². The van der Waals surface area contributed by atoms with Crippen molar-refractivity contribution in [1.29, 1.82) is 5.26 Å². The topological polar surface area (TPSA) is 106 Å². The van der Waals surface area contributed by atoms with Gasteiger partial charge in [0, 0.05) is 0 Å². The summed E-state index contributed by atoms with van der Waals surface area (Å²) in [6, 6.07) is 13.3. The molecule has 0 atom stereocenters. The Kier molecular flexibility index (Phi) is 4.14. The fourth-order valence-electron chi connectivity index (χ4n) is 2.04. The maximum atomic E-state index is 12.2. The molecule has 0 saturated heterocycles. The minimum atomic E-state index is -0.593. The Morgan fingerprint density at radius 1 is 1.21 bits per heavy atom. The largest absolute Gasteiger partial charge is 0.504 e. The van der Waals surface area contributed by atoms with Gasteiger partial charge in [-0.1, -0.05) is 29.5 Å². The van der Waals surface area contributed by atoms with Crippen LogP contribution < -0.4 is 5.32 Å². The number of carbonyl (C=O) groups is 1. The molecule has 3 rings (SSSR count). The average molecular weight is 337 g/mol. The molecule has 1 aromatic heterocycles. The smallest absolute Gasteiger partial charge is 0.268 e. The molecule has 7 heteroatoms. The third-order valence-corrected chi connectivity index (χ3v) is 4.14. The molecule has 0 saturated carbocycles. The SMILES string of the molecule is N#CC(=Cc1ccc(O)c(O)c1)C(=O)Nc1nc2ccccc2s1. The zero-order valence-electron chi connectivity index (χ0n) is 12.2. The van der Waals surface area contributed by atoms with Crippen molar-refractivity contribution in [3.8, 4) is 17.6 Å². The van der Waals surface area contributed by atoms with Crippen molar-refractivity contribution in [2.75, 3.05) is 5.32 Å². The quantitative estimate of drug-likeness (QED) is 0.386. The van der Waals surface area contributed by atoms with E-state index in [0.29, 0.717) is 10.7 Å². The summed E-state index contributed by atoms with van der Waals surface area (Å²) < 4.78 is 0.929. The predicted molar refractivity (Wildman–Crippen MR) is 91.6 cm³/mol. The first kappa shape index (κ1) is 15.5. The molecule has 0 fully saturated rings. The Morgan fingerprint density at radius 2 is 2.00 bits per heavy atom. The van der Waals surface area contributed by atoms with Gasteiger partial charge in [-0.05, 0) is 35.9 Å². The number of anilines is 1. The van der Waals surface area contributed by atoms with Crippen LogP contribution in [-0.4, -0.2) is 21.1 Å². The number of hydrogen-bond acceptors (Lipinski definition) is 6. The summed E-state index contributed by atoms with van der Waals surface area (Å²) in [5.74, 6) is -1.19. The van der Waals surface area contributed by atoms with E-state index in [1.165, 1.54) is 35.6 Å². The number of para-hydroxylation sites is 1. The van der Waals surface area contributed by atoms with Crippen LogP contribution in [0, 0.1) is 11.3 Å². The maximum Gasteiger partial charge on any atom is 0.268 e. The van der Waals surface area contributed by atoms with E-state index < -0.39 is 5.91 Å². The summed E-state index contributed by atoms with van der Waals surface area (Å²) in [6.45, 7) is 0. The Hall–Kier alpha value is -3.37. The second-order valence-corrected chi connectivity index (χ2v) is 5.89. The van der Waals surface area contributed by atoms with E-state index in [9.17, 15) is 20.3 Å². The first-order valence-electron chi connectivity index (χ1n) is 6.87. The van der Waals surface area contributed by atoms with Crippen molar-refractivity contribution in [3.05, 3.63) is 53.6 Å². The molecule has 0 unspecified atom stereocenters. The Labute approximate surface area is 140 Å². The summed E-state index contributed by atoms with van der Waals surface area (Å²) in [5, 5.41) is 30.9. The molecule has 0 bridgehead atoms. The molecule has 0 aliphatic heterocycles. The van der Waals surface area contributed by atoms with Gasteiger partial charge in [-0.3, -0.25) is 10.1 Å². The molecule has 1 heterocycles. The van der Waals surface area contributed by atoms with Gasteiger partial charge in [-0.25, -0.2) is 4.98 Å². The zero-order chi connectivity index (χ0) is 17.1. The average Bonchev–Trinajstić information content (AvgIpc) is 2.97. The minimum absolute atomic E-state index is 0.139. The van der Waals surface area contributed by atoms with Gasteiger partial charge in [-0.15, -0.1) is 0 Å². The molecule has 0 radical (unpaired) electrons. The highest BCUT2D eigenvalue weighted by Gasteiger charge is 2.13. The van der Waals surface area contributed by atoms with Crippen LogP contribution in [0.25, 0.3) is 16.3 Å². The van der Waals surface area contributed by atoms with E-state index in [0.717, 1.165) is 10.2 Å². The van der Waals surface area contributed by atoms with Crippen molar-refractivity contribution in [1.82, 2.24) is 4.98 Å². The van der Waals surface area contributed by atoms with Gasteiger partial charge in [-0.2, -0.15) is 5.26 Å². The van der Waals surface area contributed by atoms with Crippen LogP contribution in [0.3, 0.4) is 0 Å². The number of nitrogens with zero attached hydrogens (tertiary/aromatic N) is 2. The second kappa shape index (κ2) is 6.40. The Balaban J connectivity index is 1.84. The van der Waals surface area contributed by atoms with Crippen LogP contribution in [0.4, 0.5) is 5.13 Å². The number of carbonyl (C=O) groups excluding carboxylic acids is 1. The first-order valence-corrected chi connectivity index (χ1v) is 7.69. The number of fused-ring (bicyclic) bond motifs is 1. The third-order valence-electron chi connectivity index (χ3n) is 3.19. The molecule has 3 aromatic rings. The van der Waals surface area contributed by atoms with Crippen molar-refractivity contribution >= 4 is 38.7 Å². The van der Waals surface area contributed by atoms with Crippen LogP contribution in [0.1, 0.15) is 5.56 Å². The molecule has 0 spiro atoms. The second-order valence-electron chi connectivity index (χ2n) is 4.86. The number of amides is 1. The molecule has 2 aromatic carbocycles. The van der Waals surface area contributed by atoms with Crippen LogP contribution in [0.5, 0.6) is 11.5 Å². The van der Waals surface area contributed by atoms with Crippen LogP contribution >= 0.6 is 11.3 Å². The third kappa shape index (κ3) is 3.19. The molecular weight excluding hydrogens is 326 g/mol. The number of benzene rings is 2. The van der Waals surface area contributed by atoms with Crippen LogP contribution in [0.15, 0.2) is 48.0 Å². The molecular formula is C17H11N3O3S. The standard InChI is InChI=1S/C17H11N3O3S/c18-9-11(7-10-5-6-13(21)14(22)8-10)16(23)20-17-19-12-3-1-2-4-15(12)24-17/h1-8,21-22H,(H,19,20,23). The molecule has 0 aliphatic rings. The van der Waals surface area contributed by atoms with E-state index in [2.05, 4.69) is 10.3 Å². The normalized spacial score (nSPS) is 11.2.